The molecule has 2 amide bonds. The highest BCUT2D eigenvalue weighted by Gasteiger charge is 2.20. The van der Waals surface area contributed by atoms with Gasteiger partial charge in [-0.05, 0) is 32.0 Å². The van der Waals surface area contributed by atoms with Crippen molar-refractivity contribution >= 4 is 17.7 Å². The third-order valence-corrected chi connectivity index (χ3v) is 2.45. The van der Waals surface area contributed by atoms with Crippen molar-refractivity contribution in [3.05, 3.63) is 23.8 Å². The van der Waals surface area contributed by atoms with Crippen LogP contribution >= 0.6 is 0 Å². The van der Waals surface area contributed by atoms with Gasteiger partial charge in [0.1, 0.15) is 5.75 Å². The van der Waals surface area contributed by atoms with Gasteiger partial charge in [-0.3, -0.25) is 0 Å². The van der Waals surface area contributed by atoms with Crippen molar-refractivity contribution in [2.75, 3.05) is 19.0 Å². The van der Waals surface area contributed by atoms with E-state index >= 15 is 0 Å². The molecule has 1 aromatic carbocycles. The standard InChI is InChI=1S/C13H18N2O5/c1-13(2,7-20-3)15-12(19)14-9-5-4-8(11(17)18)6-10(9)16/h4-6,16H,7H2,1-3H3,(H,17,18)(H2,14,15,19). The smallest absolute Gasteiger partial charge is 0.335 e. The SMILES string of the molecule is COCC(C)(C)NC(=O)Nc1ccc(C(=O)O)cc1O. The molecule has 20 heavy (non-hydrogen) atoms. The summed E-state index contributed by atoms with van der Waals surface area (Å²) < 4.78 is 4.97. The van der Waals surface area contributed by atoms with Crippen LogP contribution in [-0.4, -0.2) is 41.5 Å². The highest BCUT2D eigenvalue weighted by Crippen LogP contribution is 2.24. The molecular weight excluding hydrogens is 264 g/mol. The molecule has 0 fully saturated rings. The zero-order valence-electron chi connectivity index (χ0n) is 11.6. The molecule has 0 atom stereocenters. The Morgan fingerprint density at radius 1 is 1.35 bits per heavy atom. The van der Waals surface area contributed by atoms with Crippen LogP contribution in [-0.2, 0) is 4.74 Å². The van der Waals surface area contributed by atoms with E-state index in [9.17, 15) is 14.7 Å². The number of carbonyl (C=O) groups is 2. The molecule has 1 rings (SSSR count). The van der Waals surface area contributed by atoms with Crippen LogP contribution in [0.25, 0.3) is 0 Å². The Morgan fingerprint density at radius 2 is 2.00 bits per heavy atom. The van der Waals surface area contributed by atoms with Crippen molar-refractivity contribution in [1.29, 1.82) is 0 Å². The monoisotopic (exact) mass is 282 g/mol. The molecule has 0 radical (unpaired) electrons. The van der Waals surface area contributed by atoms with Crippen molar-refractivity contribution < 1.29 is 24.5 Å². The Morgan fingerprint density at radius 3 is 2.50 bits per heavy atom. The molecule has 0 unspecified atom stereocenters. The highest BCUT2D eigenvalue weighted by atomic mass is 16.5. The topological polar surface area (TPSA) is 108 Å². The zero-order valence-corrected chi connectivity index (χ0v) is 11.6. The van der Waals surface area contributed by atoms with Crippen LogP contribution in [0.4, 0.5) is 10.5 Å². The van der Waals surface area contributed by atoms with Crippen molar-refractivity contribution in [3.63, 3.8) is 0 Å². The van der Waals surface area contributed by atoms with Crippen molar-refractivity contribution in [2.45, 2.75) is 19.4 Å². The molecule has 7 heteroatoms. The lowest BCUT2D eigenvalue weighted by Crippen LogP contribution is -2.48. The van der Waals surface area contributed by atoms with Gasteiger partial charge in [-0.15, -0.1) is 0 Å². The quantitative estimate of drug-likeness (QED) is 0.614. The van der Waals surface area contributed by atoms with Gasteiger partial charge in [0.2, 0.25) is 0 Å². The number of hydrogen-bond acceptors (Lipinski definition) is 4. The summed E-state index contributed by atoms with van der Waals surface area (Å²) >= 11 is 0. The number of ether oxygens (including phenoxy) is 1. The summed E-state index contributed by atoms with van der Waals surface area (Å²) in [5.74, 6) is -1.47. The zero-order chi connectivity index (χ0) is 15.3. The lowest BCUT2D eigenvalue weighted by Gasteiger charge is -2.25. The summed E-state index contributed by atoms with van der Waals surface area (Å²) in [6, 6.07) is 3.16. The van der Waals surface area contributed by atoms with Crippen LogP contribution in [0.1, 0.15) is 24.2 Å². The molecule has 110 valence electrons. The first-order valence-corrected chi connectivity index (χ1v) is 5.89. The van der Waals surface area contributed by atoms with E-state index in [1.165, 1.54) is 19.2 Å². The lowest BCUT2D eigenvalue weighted by molar-refractivity contribution is 0.0696. The Balaban J connectivity index is 2.74. The Kier molecular flexibility index (Phi) is 4.93. The molecule has 0 aliphatic carbocycles. The largest absolute Gasteiger partial charge is 0.506 e. The van der Waals surface area contributed by atoms with Crippen LogP contribution in [0.3, 0.4) is 0 Å². The summed E-state index contributed by atoms with van der Waals surface area (Å²) in [5.41, 5.74) is -0.510. The van der Waals surface area contributed by atoms with E-state index in [2.05, 4.69) is 10.6 Å². The number of hydrogen-bond donors (Lipinski definition) is 4. The third-order valence-electron chi connectivity index (χ3n) is 2.45. The fourth-order valence-electron chi connectivity index (χ4n) is 1.63. The Hall–Kier alpha value is -2.28. The van der Waals surface area contributed by atoms with E-state index in [1.807, 2.05) is 0 Å². The van der Waals surface area contributed by atoms with Gasteiger partial charge in [0.15, 0.2) is 0 Å². The number of carboxylic acids is 1. The van der Waals surface area contributed by atoms with Crippen LogP contribution in [0.15, 0.2) is 18.2 Å². The molecule has 0 bridgehead atoms. The fraction of sp³-hybridized carbons (Fsp3) is 0.385. The van der Waals surface area contributed by atoms with E-state index in [4.69, 9.17) is 9.84 Å². The second kappa shape index (κ2) is 6.25. The molecule has 0 saturated carbocycles. The minimum Gasteiger partial charge on any atom is -0.506 e. The van der Waals surface area contributed by atoms with Gasteiger partial charge >= 0.3 is 12.0 Å². The number of amides is 2. The molecule has 7 nitrogen and oxygen atoms in total. The summed E-state index contributed by atoms with van der Waals surface area (Å²) in [7, 11) is 1.53. The van der Waals surface area contributed by atoms with E-state index < -0.39 is 17.5 Å². The highest BCUT2D eigenvalue weighted by molar-refractivity contribution is 5.93. The van der Waals surface area contributed by atoms with Crippen LogP contribution < -0.4 is 10.6 Å². The summed E-state index contributed by atoms with van der Waals surface area (Å²) in [5, 5.41) is 23.5. The maximum Gasteiger partial charge on any atom is 0.335 e. The first-order valence-electron chi connectivity index (χ1n) is 5.89. The number of nitrogens with one attached hydrogen (secondary N) is 2. The minimum atomic E-state index is -1.16. The number of anilines is 1. The lowest BCUT2D eigenvalue weighted by atomic mass is 10.1. The number of methoxy groups -OCH3 is 1. The number of aromatic carboxylic acids is 1. The van der Waals surface area contributed by atoms with E-state index in [1.54, 1.807) is 13.8 Å². The number of phenolic OH excluding ortho intramolecular Hbond substituents is 1. The predicted octanol–water partition coefficient (Wildman–Crippen LogP) is 1.64. The summed E-state index contributed by atoms with van der Waals surface area (Å²) in [4.78, 5) is 22.5. The molecule has 4 N–H and O–H groups in total. The maximum atomic E-state index is 11.8. The van der Waals surface area contributed by atoms with E-state index in [0.29, 0.717) is 6.61 Å². The van der Waals surface area contributed by atoms with Crippen molar-refractivity contribution in [3.8, 4) is 5.75 Å². The average Bonchev–Trinajstić information content (AvgIpc) is 2.30. The van der Waals surface area contributed by atoms with Gasteiger partial charge in [-0.25, -0.2) is 9.59 Å². The third kappa shape index (κ3) is 4.43. The van der Waals surface area contributed by atoms with Gasteiger partial charge in [0.25, 0.3) is 0 Å². The van der Waals surface area contributed by atoms with Crippen LogP contribution in [0, 0.1) is 0 Å². The normalized spacial score (nSPS) is 10.9. The second-order valence-corrected chi connectivity index (χ2v) is 4.93. The molecule has 0 aliphatic heterocycles. The Labute approximate surface area is 116 Å². The molecule has 0 aromatic heterocycles. The minimum absolute atomic E-state index is 0.0619. The second-order valence-electron chi connectivity index (χ2n) is 4.93. The first kappa shape index (κ1) is 15.8. The molecule has 1 aromatic rings. The fourth-order valence-corrected chi connectivity index (χ4v) is 1.63. The number of rotatable bonds is 5. The average molecular weight is 282 g/mol. The molecular formula is C13H18N2O5. The molecule has 0 aliphatic rings. The number of aromatic hydroxyl groups is 1. The Bertz CT molecular complexity index is 513. The molecule has 0 heterocycles. The predicted molar refractivity (Wildman–Crippen MR) is 73.2 cm³/mol. The number of urea groups is 1. The van der Waals surface area contributed by atoms with Gasteiger partial charge < -0.3 is 25.6 Å². The molecule has 0 spiro atoms. The summed E-state index contributed by atoms with van der Waals surface area (Å²) in [6.07, 6.45) is 0. The van der Waals surface area contributed by atoms with E-state index in [0.717, 1.165) is 6.07 Å². The number of carbonyl (C=O) groups excluding carboxylic acids is 1. The van der Waals surface area contributed by atoms with Crippen molar-refractivity contribution in [2.24, 2.45) is 0 Å². The first-order chi connectivity index (χ1) is 9.25. The van der Waals surface area contributed by atoms with E-state index in [-0.39, 0.29) is 17.0 Å². The van der Waals surface area contributed by atoms with Gasteiger partial charge in [-0.1, -0.05) is 0 Å². The number of carboxylic acid groups (broad SMARTS) is 1. The number of phenols is 1. The van der Waals surface area contributed by atoms with Gasteiger partial charge in [-0.2, -0.15) is 0 Å². The van der Waals surface area contributed by atoms with Gasteiger partial charge in [0, 0.05) is 7.11 Å². The van der Waals surface area contributed by atoms with Crippen LogP contribution in [0.5, 0.6) is 5.75 Å². The summed E-state index contributed by atoms with van der Waals surface area (Å²) in [6.45, 7) is 3.89. The molecule has 0 saturated heterocycles. The van der Waals surface area contributed by atoms with Crippen LogP contribution in [0.2, 0.25) is 0 Å². The van der Waals surface area contributed by atoms with Gasteiger partial charge in [0.05, 0.1) is 23.4 Å². The maximum absolute atomic E-state index is 11.8. The van der Waals surface area contributed by atoms with Crippen molar-refractivity contribution in [1.82, 2.24) is 5.32 Å². The number of benzene rings is 1.